The van der Waals surface area contributed by atoms with Gasteiger partial charge in [-0.2, -0.15) is 0 Å². The van der Waals surface area contributed by atoms with E-state index in [2.05, 4.69) is 19.1 Å². The highest BCUT2D eigenvalue weighted by molar-refractivity contribution is 8.00. The van der Waals surface area contributed by atoms with E-state index in [-0.39, 0.29) is 16.7 Å². The van der Waals surface area contributed by atoms with E-state index in [0.29, 0.717) is 18.7 Å². The van der Waals surface area contributed by atoms with Gasteiger partial charge in [0.2, 0.25) is 0 Å². The van der Waals surface area contributed by atoms with Crippen molar-refractivity contribution in [2.75, 3.05) is 32.5 Å². The molecule has 0 atom stereocenters. The van der Waals surface area contributed by atoms with E-state index in [4.69, 9.17) is 4.74 Å². The highest BCUT2D eigenvalue weighted by atomic mass is 32.2. The summed E-state index contributed by atoms with van der Waals surface area (Å²) < 4.78 is 5.22. The van der Waals surface area contributed by atoms with Crippen LogP contribution < -0.4 is 4.74 Å². The number of ether oxygens (including phenoxy) is 1. The fourth-order valence-electron chi connectivity index (χ4n) is 5.01. The molecule has 34 heavy (non-hydrogen) atoms. The normalized spacial score (nSPS) is 17.2. The standard InChI is InChI=1S/C28H36N2O3S/c1-3-4-5-6-7-22-8-10-23(11-9-22)26(31)29-18-16-28(17-19-29)30(20-21-34-28)27(32)24-12-14-25(33-2)15-13-24/h8-15H,3-7,16-21H2,1-2H3. The second-order valence-electron chi connectivity index (χ2n) is 9.28. The third-order valence-corrected chi connectivity index (χ3v) is 8.66. The molecule has 0 radical (unpaired) electrons. The number of unbranched alkanes of at least 4 members (excludes halogenated alkanes) is 3. The highest BCUT2D eigenvalue weighted by Gasteiger charge is 2.47. The molecule has 0 aromatic heterocycles. The Labute approximate surface area is 207 Å². The maximum absolute atomic E-state index is 13.3. The van der Waals surface area contributed by atoms with Crippen molar-refractivity contribution in [2.24, 2.45) is 0 Å². The molecule has 0 N–H and O–H groups in total. The summed E-state index contributed by atoms with van der Waals surface area (Å²) >= 11 is 1.87. The largest absolute Gasteiger partial charge is 0.497 e. The van der Waals surface area contributed by atoms with E-state index in [1.54, 1.807) is 7.11 Å². The number of carbonyl (C=O) groups is 2. The Kier molecular flexibility index (Phi) is 8.19. The number of rotatable bonds is 8. The first kappa shape index (κ1) is 24.6. The van der Waals surface area contributed by atoms with Gasteiger partial charge in [-0.1, -0.05) is 38.3 Å². The number of benzene rings is 2. The number of hydrogen-bond donors (Lipinski definition) is 0. The first-order valence-corrected chi connectivity index (χ1v) is 13.5. The Morgan fingerprint density at radius 1 is 0.882 bits per heavy atom. The van der Waals surface area contributed by atoms with Crippen molar-refractivity contribution in [1.82, 2.24) is 9.80 Å². The van der Waals surface area contributed by atoms with Crippen LogP contribution in [-0.4, -0.2) is 59.0 Å². The number of methoxy groups -OCH3 is 1. The maximum Gasteiger partial charge on any atom is 0.255 e. The van der Waals surface area contributed by atoms with Crippen molar-refractivity contribution in [1.29, 1.82) is 0 Å². The number of amides is 2. The van der Waals surface area contributed by atoms with E-state index in [0.717, 1.165) is 42.9 Å². The fraction of sp³-hybridized carbons (Fsp3) is 0.500. The Balaban J connectivity index is 1.35. The van der Waals surface area contributed by atoms with Crippen LogP contribution in [0, 0.1) is 0 Å². The van der Waals surface area contributed by atoms with Crippen molar-refractivity contribution in [3.63, 3.8) is 0 Å². The maximum atomic E-state index is 13.3. The van der Waals surface area contributed by atoms with Crippen molar-refractivity contribution in [3.05, 3.63) is 65.2 Å². The highest BCUT2D eigenvalue weighted by Crippen LogP contribution is 2.44. The molecule has 2 amide bonds. The van der Waals surface area contributed by atoms with Gasteiger partial charge in [0.05, 0.1) is 12.0 Å². The van der Waals surface area contributed by atoms with Crippen LogP contribution in [0.2, 0.25) is 0 Å². The molecule has 2 aromatic carbocycles. The van der Waals surface area contributed by atoms with Crippen LogP contribution in [0.5, 0.6) is 5.75 Å². The molecule has 0 bridgehead atoms. The number of likely N-dealkylation sites (tertiary alicyclic amines) is 1. The minimum Gasteiger partial charge on any atom is -0.497 e. The molecule has 0 aliphatic carbocycles. The summed E-state index contributed by atoms with van der Waals surface area (Å²) in [6, 6.07) is 15.5. The average Bonchev–Trinajstić information content (AvgIpc) is 3.29. The van der Waals surface area contributed by atoms with E-state index in [9.17, 15) is 9.59 Å². The molecule has 4 rings (SSSR count). The molecular formula is C28H36N2O3S. The summed E-state index contributed by atoms with van der Waals surface area (Å²) in [5.41, 5.74) is 2.76. The smallest absolute Gasteiger partial charge is 0.255 e. The van der Waals surface area contributed by atoms with Crippen LogP contribution in [0.1, 0.15) is 71.7 Å². The quantitative estimate of drug-likeness (QED) is 0.459. The lowest BCUT2D eigenvalue weighted by molar-refractivity contribution is 0.0498. The number of carbonyl (C=O) groups excluding carboxylic acids is 2. The summed E-state index contributed by atoms with van der Waals surface area (Å²) in [6.07, 6.45) is 7.70. The van der Waals surface area contributed by atoms with Gasteiger partial charge in [0.1, 0.15) is 5.75 Å². The van der Waals surface area contributed by atoms with Gasteiger partial charge < -0.3 is 14.5 Å². The van der Waals surface area contributed by atoms with Crippen LogP contribution in [-0.2, 0) is 6.42 Å². The molecule has 2 aliphatic rings. The van der Waals surface area contributed by atoms with Crippen molar-refractivity contribution >= 4 is 23.6 Å². The summed E-state index contributed by atoms with van der Waals surface area (Å²) in [4.78, 5) is 30.2. The zero-order valence-electron chi connectivity index (χ0n) is 20.4. The van der Waals surface area contributed by atoms with Gasteiger partial charge >= 0.3 is 0 Å². The zero-order chi connectivity index (χ0) is 24.0. The Hall–Kier alpha value is -2.47. The Bertz CT molecular complexity index is 966. The van der Waals surface area contributed by atoms with Gasteiger partial charge in [-0.15, -0.1) is 11.8 Å². The summed E-state index contributed by atoms with van der Waals surface area (Å²) in [6.45, 7) is 4.34. The molecule has 0 unspecified atom stereocenters. The van der Waals surface area contributed by atoms with Crippen LogP contribution in [0.25, 0.3) is 0 Å². The predicted octanol–water partition coefficient (Wildman–Crippen LogP) is 5.64. The minimum absolute atomic E-state index is 0.0713. The number of hydrogen-bond acceptors (Lipinski definition) is 4. The average molecular weight is 481 g/mol. The summed E-state index contributed by atoms with van der Waals surface area (Å²) in [5.74, 6) is 1.86. The van der Waals surface area contributed by atoms with Crippen LogP contribution in [0.15, 0.2) is 48.5 Å². The molecule has 2 heterocycles. The molecule has 0 saturated carbocycles. The lowest BCUT2D eigenvalue weighted by Gasteiger charge is -2.44. The topological polar surface area (TPSA) is 49.9 Å². The monoisotopic (exact) mass is 480 g/mol. The van der Waals surface area contributed by atoms with Crippen molar-refractivity contribution in [3.8, 4) is 5.75 Å². The number of aryl methyl sites for hydroxylation is 1. The third kappa shape index (κ3) is 5.43. The lowest BCUT2D eigenvalue weighted by Crippen LogP contribution is -2.53. The molecule has 5 nitrogen and oxygen atoms in total. The minimum atomic E-state index is -0.212. The van der Waals surface area contributed by atoms with Gasteiger partial charge in [-0.3, -0.25) is 9.59 Å². The molecular weight excluding hydrogens is 444 g/mol. The third-order valence-electron chi connectivity index (χ3n) is 7.11. The van der Waals surface area contributed by atoms with Crippen LogP contribution in [0.4, 0.5) is 0 Å². The van der Waals surface area contributed by atoms with Crippen LogP contribution >= 0.6 is 11.8 Å². The first-order chi connectivity index (χ1) is 16.6. The number of nitrogens with zero attached hydrogens (tertiary/aromatic N) is 2. The SMILES string of the molecule is CCCCCCc1ccc(C(=O)N2CCC3(CC2)SCCN3C(=O)c2ccc(OC)cc2)cc1. The lowest BCUT2D eigenvalue weighted by atomic mass is 9.99. The zero-order valence-corrected chi connectivity index (χ0v) is 21.2. The fourth-order valence-corrected chi connectivity index (χ4v) is 6.47. The van der Waals surface area contributed by atoms with Gasteiger partial charge in [0.25, 0.3) is 11.8 Å². The van der Waals surface area contributed by atoms with E-state index < -0.39 is 0 Å². The van der Waals surface area contributed by atoms with E-state index in [1.165, 1.54) is 31.2 Å². The van der Waals surface area contributed by atoms with Gasteiger partial charge in [0, 0.05) is 36.5 Å². The molecule has 2 aromatic rings. The molecule has 182 valence electrons. The molecule has 2 aliphatic heterocycles. The van der Waals surface area contributed by atoms with Gasteiger partial charge in [-0.05, 0) is 67.6 Å². The van der Waals surface area contributed by atoms with E-state index >= 15 is 0 Å². The van der Waals surface area contributed by atoms with Crippen LogP contribution in [0.3, 0.4) is 0 Å². The molecule has 1 spiro atoms. The van der Waals surface area contributed by atoms with E-state index in [1.807, 2.05) is 58.0 Å². The van der Waals surface area contributed by atoms with Crippen molar-refractivity contribution in [2.45, 2.75) is 56.7 Å². The second-order valence-corrected chi connectivity index (χ2v) is 10.7. The molecule has 2 fully saturated rings. The first-order valence-electron chi connectivity index (χ1n) is 12.5. The number of thioether (sulfide) groups is 1. The van der Waals surface area contributed by atoms with Gasteiger partial charge in [-0.25, -0.2) is 0 Å². The summed E-state index contributed by atoms with van der Waals surface area (Å²) in [7, 11) is 1.63. The number of piperidine rings is 1. The second kappa shape index (κ2) is 11.3. The Morgan fingerprint density at radius 2 is 1.53 bits per heavy atom. The van der Waals surface area contributed by atoms with Crippen molar-refractivity contribution < 1.29 is 14.3 Å². The molecule has 2 saturated heterocycles. The summed E-state index contributed by atoms with van der Waals surface area (Å²) in [5, 5.41) is 0. The predicted molar refractivity (Wildman–Crippen MR) is 139 cm³/mol. The molecule has 6 heteroatoms. The Morgan fingerprint density at radius 3 is 2.18 bits per heavy atom. The van der Waals surface area contributed by atoms with Gasteiger partial charge in [0.15, 0.2) is 0 Å².